The van der Waals surface area contributed by atoms with Crippen molar-refractivity contribution in [3.63, 3.8) is 0 Å². The van der Waals surface area contributed by atoms with Crippen molar-refractivity contribution in [3.8, 4) is 0 Å². The average Bonchev–Trinajstić information content (AvgIpc) is 3.07. The Morgan fingerprint density at radius 2 is 2.00 bits per heavy atom. The Kier molecular flexibility index (Phi) is 5.86. The predicted octanol–water partition coefficient (Wildman–Crippen LogP) is 2.32. The van der Waals surface area contributed by atoms with Crippen LogP contribution in [0.25, 0.3) is 0 Å². The summed E-state index contributed by atoms with van der Waals surface area (Å²) in [6.07, 6.45) is 2.40. The molecule has 1 amide bonds. The van der Waals surface area contributed by atoms with Gasteiger partial charge in [0.15, 0.2) is 0 Å². The minimum absolute atomic E-state index is 0.149. The summed E-state index contributed by atoms with van der Waals surface area (Å²) in [7, 11) is -3.51. The van der Waals surface area contributed by atoms with Crippen molar-refractivity contribution in [3.05, 3.63) is 46.4 Å². The lowest BCUT2D eigenvalue weighted by atomic mass is 10.2. The molecule has 6 nitrogen and oxygen atoms in total. The van der Waals surface area contributed by atoms with Crippen LogP contribution in [0.1, 0.15) is 41.7 Å². The highest BCUT2D eigenvalue weighted by molar-refractivity contribution is 7.89. The van der Waals surface area contributed by atoms with Crippen molar-refractivity contribution >= 4 is 27.3 Å². The molecule has 1 aromatic carbocycles. The first-order chi connectivity index (χ1) is 10.9. The predicted molar refractivity (Wildman–Crippen MR) is 89.9 cm³/mol. The molecule has 2 aromatic rings. The Hall–Kier alpha value is -1.77. The van der Waals surface area contributed by atoms with E-state index in [1.54, 1.807) is 6.20 Å². The fraction of sp³-hybridized carbons (Fsp3) is 0.333. The molecular formula is C15H19N3O3S2. The molecule has 0 spiro atoms. The summed E-state index contributed by atoms with van der Waals surface area (Å²) in [6.45, 7) is 4.12. The molecule has 1 heterocycles. The second-order valence-electron chi connectivity index (χ2n) is 4.99. The molecule has 1 atom stereocenters. The van der Waals surface area contributed by atoms with Gasteiger partial charge >= 0.3 is 0 Å². The minimum Gasteiger partial charge on any atom is -0.343 e. The zero-order valence-electron chi connectivity index (χ0n) is 12.9. The normalized spacial score (nSPS) is 12.8. The smallest absolute Gasteiger partial charge is 0.251 e. The van der Waals surface area contributed by atoms with Crippen LogP contribution in [-0.4, -0.2) is 25.9 Å². The molecule has 0 aliphatic carbocycles. The van der Waals surface area contributed by atoms with Crippen LogP contribution in [0.3, 0.4) is 0 Å². The quantitative estimate of drug-likeness (QED) is 0.799. The second kappa shape index (κ2) is 7.67. The summed E-state index contributed by atoms with van der Waals surface area (Å²) < 4.78 is 26.5. The topological polar surface area (TPSA) is 88.2 Å². The van der Waals surface area contributed by atoms with E-state index in [1.165, 1.54) is 35.6 Å². The first-order valence-corrected chi connectivity index (χ1v) is 9.60. The van der Waals surface area contributed by atoms with Gasteiger partial charge in [-0.15, -0.1) is 11.3 Å². The van der Waals surface area contributed by atoms with Crippen molar-refractivity contribution in [1.82, 2.24) is 15.0 Å². The third kappa shape index (κ3) is 4.60. The molecule has 124 valence electrons. The van der Waals surface area contributed by atoms with E-state index in [0.29, 0.717) is 18.5 Å². The minimum atomic E-state index is -3.51. The Balaban J connectivity index is 2.05. The summed E-state index contributed by atoms with van der Waals surface area (Å²) in [6, 6.07) is 5.67. The Morgan fingerprint density at radius 1 is 1.30 bits per heavy atom. The van der Waals surface area contributed by atoms with Gasteiger partial charge in [-0.05, 0) is 37.6 Å². The fourth-order valence-electron chi connectivity index (χ4n) is 1.90. The maximum Gasteiger partial charge on any atom is 0.251 e. The van der Waals surface area contributed by atoms with E-state index in [4.69, 9.17) is 0 Å². The van der Waals surface area contributed by atoms with Crippen molar-refractivity contribution in [2.24, 2.45) is 0 Å². The number of sulfonamides is 1. The summed E-state index contributed by atoms with van der Waals surface area (Å²) in [4.78, 5) is 16.5. The van der Waals surface area contributed by atoms with E-state index in [1.807, 2.05) is 19.2 Å². The van der Waals surface area contributed by atoms with Crippen LogP contribution in [0.2, 0.25) is 0 Å². The summed E-state index contributed by atoms with van der Waals surface area (Å²) >= 11 is 1.47. The number of thiazole rings is 1. The molecule has 0 unspecified atom stereocenters. The number of nitrogens with one attached hydrogen (secondary N) is 2. The van der Waals surface area contributed by atoms with Crippen molar-refractivity contribution < 1.29 is 13.2 Å². The molecule has 2 rings (SSSR count). The van der Waals surface area contributed by atoms with Crippen LogP contribution in [0.15, 0.2) is 40.7 Å². The number of amides is 1. The van der Waals surface area contributed by atoms with Crippen LogP contribution < -0.4 is 10.0 Å². The Bertz CT molecular complexity index is 741. The first-order valence-electron chi connectivity index (χ1n) is 7.24. The monoisotopic (exact) mass is 353 g/mol. The van der Waals surface area contributed by atoms with Gasteiger partial charge in [0.05, 0.1) is 10.9 Å². The van der Waals surface area contributed by atoms with E-state index < -0.39 is 10.0 Å². The molecule has 2 N–H and O–H groups in total. The third-order valence-electron chi connectivity index (χ3n) is 3.14. The molecule has 23 heavy (non-hydrogen) atoms. The number of nitrogens with zero attached hydrogens (tertiary/aromatic N) is 1. The van der Waals surface area contributed by atoms with Gasteiger partial charge in [-0.3, -0.25) is 4.79 Å². The molecule has 0 saturated carbocycles. The van der Waals surface area contributed by atoms with Gasteiger partial charge < -0.3 is 5.32 Å². The Labute approximate surface area is 140 Å². The van der Waals surface area contributed by atoms with E-state index in [2.05, 4.69) is 15.0 Å². The van der Waals surface area contributed by atoms with E-state index in [0.717, 1.165) is 5.01 Å². The molecule has 0 aliphatic rings. The largest absolute Gasteiger partial charge is 0.343 e. The first kappa shape index (κ1) is 17.6. The van der Waals surface area contributed by atoms with Crippen LogP contribution >= 0.6 is 11.3 Å². The summed E-state index contributed by atoms with van der Waals surface area (Å²) in [5, 5.41) is 5.50. The average molecular weight is 353 g/mol. The van der Waals surface area contributed by atoms with Crippen LogP contribution in [0, 0.1) is 0 Å². The number of carbonyl (C=O) groups is 1. The molecule has 0 saturated heterocycles. The van der Waals surface area contributed by atoms with Gasteiger partial charge in [0.2, 0.25) is 10.0 Å². The van der Waals surface area contributed by atoms with Crippen LogP contribution in [0.5, 0.6) is 0 Å². The standard InChI is InChI=1S/C15H19N3O3S2/c1-3-8-17-23(20,21)13-6-4-12(5-7-13)14(19)18-11(2)15-16-9-10-22-15/h4-7,9-11,17H,3,8H2,1-2H3,(H,18,19)/t11-/m0/s1. The van der Waals surface area contributed by atoms with Crippen LogP contribution in [0.4, 0.5) is 0 Å². The van der Waals surface area contributed by atoms with Gasteiger partial charge in [0, 0.05) is 23.7 Å². The van der Waals surface area contributed by atoms with Crippen molar-refractivity contribution in [1.29, 1.82) is 0 Å². The molecule has 0 bridgehead atoms. The fourth-order valence-corrected chi connectivity index (χ4v) is 3.68. The second-order valence-corrected chi connectivity index (χ2v) is 7.68. The lowest BCUT2D eigenvalue weighted by Crippen LogP contribution is -2.27. The highest BCUT2D eigenvalue weighted by atomic mass is 32.2. The lowest BCUT2D eigenvalue weighted by molar-refractivity contribution is 0.0939. The van der Waals surface area contributed by atoms with Gasteiger partial charge in [-0.2, -0.15) is 0 Å². The molecule has 0 radical (unpaired) electrons. The zero-order valence-corrected chi connectivity index (χ0v) is 14.6. The number of benzene rings is 1. The molecular weight excluding hydrogens is 334 g/mol. The SMILES string of the molecule is CCCNS(=O)(=O)c1ccc(C(=O)N[C@@H](C)c2nccs2)cc1. The lowest BCUT2D eigenvalue weighted by Gasteiger charge is -2.11. The van der Waals surface area contributed by atoms with Crippen molar-refractivity contribution in [2.45, 2.75) is 31.2 Å². The molecule has 0 aliphatic heterocycles. The highest BCUT2D eigenvalue weighted by Gasteiger charge is 2.16. The number of hydrogen-bond acceptors (Lipinski definition) is 5. The molecule has 0 fully saturated rings. The summed E-state index contributed by atoms with van der Waals surface area (Å²) in [5.41, 5.74) is 0.405. The Morgan fingerprint density at radius 3 is 2.57 bits per heavy atom. The highest BCUT2D eigenvalue weighted by Crippen LogP contribution is 2.16. The molecule has 8 heteroatoms. The summed E-state index contributed by atoms with van der Waals surface area (Å²) in [5.74, 6) is -0.266. The number of carbonyl (C=O) groups excluding carboxylic acids is 1. The number of rotatable bonds is 7. The van der Waals surface area contributed by atoms with E-state index in [9.17, 15) is 13.2 Å². The van der Waals surface area contributed by atoms with Gasteiger partial charge in [-0.25, -0.2) is 18.1 Å². The van der Waals surface area contributed by atoms with Gasteiger partial charge in [-0.1, -0.05) is 6.92 Å². The third-order valence-corrected chi connectivity index (χ3v) is 5.57. The molecule has 1 aromatic heterocycles. The maximum absolute atomic E-state index is 12.2. The zero-order chi connectivity index (χ0) is 16.9. The maximum atomic E-state index is 12.2. The van der Waals surface area contributed by atoms with Crippen molar-refractivity contribution in [2.75, 3.05) is 6.54 Å². The van der Waals surface area contributed by atoms with Gasteiger partial charge in [0.1, 0.15) is 5.01 Å². The van der Waals surface area contributed by atoms with Gasteiger partial charge in [0.25, 0.3) is 5.91 Å². The van der Waals surface area contributed by atoms with E-state index >= 15 is 0 Å². The van der Waals surface area contributed by atoms with E-state index in [-0.39, 0.29) is 16.8 Å². The number of aromatic nitrogens is 1. The number of hydrogen-bond donors (Lipinski definition) is 2. The van der Waals surface area contributed by atoms with Crippen LogP contribution in [-0.2, 0) is 10.0 Å².